The Morgan fingerprint density at radius 1 is 1.03 bits per heavy atom. The van der Waals surface area contributed by atoms with E-state index >= 15 is 0 Å². The van der Waals surface area contributed by atoms with Gasteiger partial charge in [-0.1, -0.05) is 29.8 Å². The van der Waals surface area contributed by atoms with Crippen LogP contribution in [-0.4, -0.2) is 22.5 Å². The molecule has 3 aromatic carbocycles. The fourth-order valence-electron chi connectivity index (χ4n) is 4.04. The molecule has 1 aliphatic rings. The number of nitrogens with zero attached hydrogens (tertiary/aromatic N) is 2. The zero-order valence-electron chi connectivity index (χ0n) is 17.4. The molecule has 0 bridgehead atoms. The first-order valence-corrected chi connectivity index (χ1v) is 10.5. The second-order valence-electron chi connectivity index (χ2n) is 8.01. The number of halogens is 2. The van der Waals surface area contributed by atoms with Crippen LogP contribution in [0.1, 0.15) is 30.3 Å². The minimum atomic E-state index is -0.898. The molecule has 0 unspecified atom stereocenters. The lowest BCUT2D eigenvalue weighted by atomic mass is 10.1. The summed E-state index contributed by atoms with van der Waals surface area (Å²) in [5, 5.41) is 2.94. The Labute approximate surface area is 183 Å². The van der Waals surface area contributed by atoms with Crippen molar-refractivity contribution in [3.05, 3.63) is 83.8 Å². The molecule has 0 spiro atoms. The molecule has 0 radical (unpaired) electrons. The first-order valence-electron chi connectivity index (χ1n) is 10.5. The molecule has 1 atom stereocenters. The average molecular weight is 433 g/mol. The largest absolute Gasteiger partial charge is 0.438 e. The standard InChI is InChI=1S/C25H21F2N3O2/c1-15-4-8-18(9-5-15)28-25(31)30-12-2-3-22(30)24-29-21-14-17(7-11-23(21)32-24)16-6-10-19(26)20(27)13-16/h4-11,13-14,22H,2-3,12H2,1H3,(H,28,31)/t22-/m1/s1. The molecular weight excluding hydrogens is 412 g/mol. The molecule has 5 rings (SSSR count). The van der Waals surface area contributed by atoms with Gasteiger partial charge in [-0.25, -0.2) is 18.6 Å². The second kappa shape index (κ2) is 8.07. The molecule has 2 amide bonds. The summed E-state index contributed by atoms with van der Waals surface area (Å²) in [6.45, 7) is 2.61. The molecule has 4 aromatic rings. The highest BCUT2D eigenvalue weighted by atomic mass is 19.2. The third kappa shape index (κ3) is 3.82. The number of anilines is 1. The van der Waals surface area contributed by atoms with Crippen molar-refractivity contribution in [1.82, 2.24) is 9.88 Å². The lowest BCUT2D eigenvalue weighted by Crippen LogP contribution is -2.34. The van der Waals surface area contributed by atoms with Gasteiger partial charge in [-0.2, -0.15) is 0 Å². The molecular formula is C25H21F2N3O2. The summed E-state index contributed by atoms with van der Waals surface area (Å²) in [6.07, 6.45) is 1.61. The van der Waals surface area contributed by atoms with Crippen molar-refractivity contribution in [2.24, 2.45) is 0 Å². The number of carbonyl (C=O) groups is 1. The van der Waals surface area contributed by atoms with Crippen molar-refractivity contribution < 1.29 is 18.0 Å². The Morgan fingerprint density at radius 3 is 2.56 bits per heavy atom. The van der Waals surface area contributed by atoms with Gasteiger partial charge in [0, 0.05) is 12.2 Å². The molecule has 1 aromatic heterocycles. The molecule has 1 N–H and O–H groups in total. The normalized spacial score (nSPS) is 16.0. The third-order valence-corrected chi connectivity index (χ3v) is 5.76. The van der Waals surface area contributed by atoms with Gasteiger partial charge in [-0.05, 0) is 67.3 Å². The predicted octanol–water partition coefficient (Wildman–Crippen LogP) is 6.45. The van der Waals surface area contributed by atoms with Crippen molar-refractivity contribution in [1.29, 1.82) is 0 Å². The molecule has 5 nitrogen and oxygen atoms in total. The van der Waals surface area contributed by atoms with Crippen molar-refractivity contribution in [2.45, 2.75) is 25.8 Å². The molecule has 2 heterocycles. The quantitative estimate of drug-likeness (QED) is 0.404. The second-order valence-corrected chi connectivity index (χ2v) is 8.01. The molecule has 32 heavy (non-hydrogen) atoms. The number of nitrogens with one attached hydrogen (secondary N) is 1. The highest BCUT2D eigenvalue weighted by Gasteiger charge is 2.33. The number of fused-ring (bicyclic) bond motifs is 1. The molecule has 1 aliphatic heterocycles. The maximum absolute atomic E-state index is 13.6. The van der Waals surface area contributed by atoms with Gasteiger partial charge in [0.15, 0.2) is 17.2 Å². The van der Waals surface area contributed by atoms with E-state index in [2.05, 4.69) is 10.3 Å². The molecule has 0 aliphatic carbocycles. The van der Waals surface area contributed by atoms with E-state index in [1.807, 2.05) is 31.2 Å². The summed E-state index contributed by atoms with van der Waals surface area (Å²) in [7, 11) is 0. The van der Waals surface area contributed by atoms with Gasteiger partial charge in [-0.3, -0.25) is 0 Å². The Bertz CT molecular complexity index is 1300. The maximum Gasteiger partial charge on any atom is 0.322 e. The van der Waals surface area contributed by atoms with Crippen LogP contribution < -0.4 is 5.32 Å². The van der Waals surface area contributed by atoms with Gasteiger partial charge in [0.2, 0.25) is 5.89 Å². The third-order valence-electron chi connectivity index (χ3n) is 5.76. The van der Waals surface area contributed by atoms with Crippen LogP contribution in [0.25, 0.3) is 22.2 Å². The molecule has 7 heteroatoms. The number of hydrogen-bond donors (Lipinski definition) is 1. The van der Waals surface area contributed by atoms with Gasteiger partial charge >= 0.3 is 6.03 Å². The van der Waals surface area contributed by atoms with Crippen LogP contribution in [0.2, 0.25) is 0 Å². The maximum atomic E-state index is 13.6. The van der Waals surface area contributed by atoms with E-state index in [4.69, 9.17) is 4.42 Å². The first-order chi connectivity index (χ1) is 15.5. The van der Waals surface area contributed by atoms with Gasteiger partial charge < -0.3 is 14.6 Å². The smallest absolute Gasteiger partial charge is 0.322 e. The van der Waals surface area contributed by atoms with E-state index in [9.17, 15) is 13.6 Å². The minimum Gasteiger partial charge on any atom is -0.438 e. The lowest BCUT2D eigenvalue weighted by Gasteiger charge is -2.22. The summed E-state index contributed by atoms with van der Waals surface area (Å²) in [5.74, 6) is -1.31. The summed E-state index contributed by atoms with van der Waals surface area (Å²) < 4.78 is 32.9. The summed E-state index contributed by atoms with van der Waals surface area (Å²) in [6, 6.07) is 16.3. The Hall–Kier alpha value is -3.74. The number of aromatic nitrogens is 1. The van der Waals surface area contributed by atoms with E-state index in [-0.39, 0.29) is 12.1 Å². The Morgan fingerprint density at radius 2 is 1.78 bits per heavy atom. The predicted molar refractivity (Wildman–Crippen MR) is 118 cm³/mol. The van der Waals surface area contributed by atoms with E-state index in [1.165, 1.54) is 6.07 Å². The van der Waals surface area contributed by atoms with Crippen LogP contribution >= 0.6 is 0 Å². The molecule has 0 saturated carbocycles. The lowest BCUT2D eigenvalue weighted by molar-refractivity contribution is 0.199. The number of rotatable bonds is 3. The van der Waals surface area contributed by atoms with Crippen molar-refractivity contribution in [3.63, 3.8) is 0 Å². The fourth-order valence-corrected chi connectivity index (χ4v) is 4.04. The SMILES string of the molecule is Cc1ccc(NC(=O)N2CCC[C@@H]2c2nc3cc(-c4ccc(F)c(F)c4)ccc3o2)cc1. The highest BCUT2D eigenvalue weighted by Crippen LogP contribution is 2.35. The Balaban J connectivity index is 1.40. The highest BCUT2D eigenvalue weighted by molar-refractivity contribution is 5.90. The number of likely N-dealkylation sites (tertiary alicyclic amines) is 1. The Kier molecular flexibility index (Phi) is 5.09. The number of benzene rings is 3. The van der Waals surface area contributed by atoms with Crippen molar-refractivity contribution in [2.75, 3.05) is 11.9 Å². The van der Waals surface area contributed by atoms with Gasteiger partial charge in [0.05, 0.1) is 0 Å². The fraction of sp³-hybridized carbons (Fsp3) is 0.200. The number of amides is 2. The summed E-state index contributed by atoms with van der Waals surface area (Å²) in [4.78, 5) is 19.2. The van der Waals surface area contributed by atoms with Crippen LogP contribution in [-0.2, 0) is 0 Å². The van der Waals surface area contributed by atoms with Gasteiger partial charge in [0.1, 0.15) is 11.6 Å². The number of urea groups is 1. The van der Waals surface area contributed by atoms with E-state index in [0.717, 1.165) is 36.2 Å². The van der Waals surface area contributed by atoms with E-state index in [1.54, 1.807) is 23.1 Å². The molecule has 162 valence electrons. The van der Waals surface area contributed by atoms with Gasteiger partial charge in [0.25, 0.3) is 0 Å². The average Bonchev–Trinajstić information content (AvgIpc) is 3.43. The number of hydrogen-bond acceptors (Lipinski definition) is 3. The van der Waals surface area contributed by atoms with Crippen LogP contribution in [0.15, 0.2) is 65.1 Å². The van der Waals surface area contributed by atoms with Gasteiger partial charge in [-0.15, -0.1) is 0 Å². The number of oxazole rings is 1. The van der Waals surface area contributed by atoms with E-state index < -0.39 is 11.6 Å². The van der Waals surface area contributed by atoms with Crippen LogP contribution in [0.4, 0.5) is 19.3 Å². The summed E-state index contributed by atoms with van der Waals surface area (Å²) in [5.41, 5.74) is 4.30. The minimum absolute atomic E-state index is 0.193. The number of aryl methyl sites for hydroxylation is 1. The first kappa shape index (κ1) is 20.2. The topological polar surface area (TPSA) is 58.4 Å². The van der Waals surface area contributed by atoms with Crippen LogP contribution in [0.3, 0.4) is 0 Å². The van der Waals surface area contributed by atoms with Crippen molar-refractivity contribution in [3.8, 4) is 11.1 Å². The monoisotopic (exact) mass is 433 g/mol. The molecule has 1 fully saturated rings. The van der Waals surface area contributed by atoms with Crippen molar-refractivity contribution >= 4 is 22.8 Å². The van der Waals surface area contributed by atoms with Crippen LogP contribution in [0.5, 0.6) is 0 Å². The zero-order valence-corrected chi connectivity index (χ0v) is 17.4. The molecule has 1 saturated heterocycles. The van der Waals surface area contributed by atoms with E-state index in [0.29, 0.717) is 34.7 Å². The summed E-state index contributed by atoms with van der Waals surface area (Å²) >= 11 is 0. The number of carbonyl (C=O) groups excluding carboxylic acids is 1. The zero-order chi connectivity index (χ0) is 22.2. The van der Waals surface area contributed by atoms with Crippen LogP contribution in [0, 0.1) is 18.6 Å².